The van der Waals surface area contributed by atoms with E-state index in [9.17, 15) is 19.2 Å². The van der Waals surface area contributed by atoms with Gasteiger partial charge in [-0.15, -0.1) is 0 Å². The number of aliphatic carboxylic acids is 1. The zero-order valence-corrected chi connectivity index (χ0v) is 21.3. The van der Waals surface area contributed by atoms with E-state index in [1.54, 1.807) is 24.3 Å². The van der Waals surface area contributed by atoms with Crippen LogP contribution < -0.4 is 15.0 Å². The summed E-state index contributed by atoms with van der Waals surface area (Å²) in [5.41, 5.74) is 1.75. The fourth-order valence-electron chi connectivity index (χ4n) is 3.00. The summed E-state index contributed by atoms with van der Waals surface area (Å²) in [6.45, 7) is 3.59. The van der Waals surface area contributed by atoms with Gasteiger partial charge in [-0.2, -0.15) is 0 Å². The lowest BCUT2D eigenvalue weighted by atomic mass is 10.0. The topological polar surface area (TPSA) is 113 Å². The number of nitrogens with zero attached hydrogens (tertiary/aromatic N) is 1. The Morgan fingerprint density at radius 2 is 1.72 bits per heavy atom. The molecule has 2 aromatic carbocycles. The van der Waals surface area contributed by atoms with Gasteiger partial charge >= 0.3 is 12.0 Å². The van der Waals surface area contributed by atoms with Gasteiger partial charge in [-0.25, -0.2) is 14.5 Å². The van der Waals surface area contributed by atoms with Crippen molar-refractivity contribution in [2.75, 3.05) is 11.5 Å². The zero-order chi connectivity index (χ0) is 23.6. The highest BCUT2D eigenvalue weighted by molar-refractivity contribution is 14.1. The number of hydrogen-bond donors (Lipinski definition) is 2. The van der Waals surface area contributed by atoms with Crippen LogP contribution in [0.1, 0.15) is 30.9 Å². The number of carbonyl (C=O) groups excluding carboxylic acids is 3. The van der Waals surface area contributed by atoms with Gasteiger partial charge in [0, 0.05) is 0 Å². The van der Waals surface area contributed by atoms with Crippen molar-refractivity contribution < 1.29 is 29.0 Å². The van der Waals surface area contributed by atoms with Crippen LogP contribution in [-0.4, -0.2) is 35.5 Å². The Kier molecular flexibility index (Phi) is 7.54. The van der Waals surface area contributed by atoms with E-state index in [0.29, 0.717) is 30.1 Å². The summed E-state index contributed by atoms with van der Waals surface area (Å²) in [5.74, 6) is -1.92. The minimum atomic E-state index is -1.10. The lowest BCUT2D eigenvalue weighted by molar-refractivity contribution is -0.139. The van der Waals surface area contributed by atoms with Crippen molar-refractivity contribution in [3.8, 4) is 5.75 Å². The van der Waals surface area contributed by atoms with Crippen LogP contribution in [-0.2, 0) is 14.4 Å². The van der Waals surface area contributed by atoms with Gasteiger partial charge in [-0.3, -0.25) is 14.9 Å². The molecule has 2 N–H and O–H groups in total. The fraction of sp³-hybridized carbons (Fsp3) is 0.182. The van der Waals surface area contributed by atoms with Crippen LogP contribution in [0.15, 0.2) is 42.0 Å². The van der Waals surface area contributed by atoms with Crippen LogP contribution >= 0.6 is 45.2 Å². The van der Waals surface area contributed by atoms with Gasteiger partial charge in [0.25, 0.3) is 11.8 Å². The summed E-state index contributed by atoms with van der Waals surface area (Å²) < 4.78 is 6.53. The Labute approximate surface area is 211 Å². The van der Waals surface area contributed by atoms with Crippen molar-refractivity contribution in [1.82, 2.24) is 5.32 Å². The molecule has 0 atom stereocenters. The molecule has 0 radical (unpaired) electrons. The van der Waals surface area contributed by atoms with Crippen molar-refractivity contribution in [1.29, 1.82) is 0 Å². The molecular weight excluding hydrogens is 642 g/mol. The van der Waals surface area contributed by atoms with Gasteiger partial charge in [0.15, 0.2) is 6.61 Å². The van der Waals surface area contributed by atoms with Crippen LogP contribution in [0.3, 0.4) is 0 Å². The van der Waals surface area contributed by atoms with Crippen LogP contribution in [0.2, 0.25) is 0 Å². The molecule has 3 rings (SSSR count). The van der Waals surface area contributed by atoms with E-state index in [0.717, 1.165) is 10.5 Å². The van der Waals surface area contributed by atoms with Crippen molar-refractivity contribution in [2.45, 2.75) is 19.8 Å². The number of urea groups is 1. The zero-order valence-electron chi connectivity index (χ0n) is 17.0. The molecule has 0 aromatic heterocycles. The third-order valence-electron chi connectivity index (χ3n) is 4.59. The number of ether oxygens (including phenoxy) is 1. The highest BCUT2D eigenvalue weighted by atomic mass is 127. The monoisotopic (exact) mass is 660 g/mol. The molecule has 0 spiro atoms. The summed E-state index contributed by atoms with van der Waals surface area (Å²) >= 11 is 3.97. The summed E-state index contributed by atoms with van der Waals surface area (Å²) in [7, 11) is 0. The lowest BCUT2D eigenvalue weighted by Gasteiger charge is -2.26. The summed E-state index contributed by atoms with van der Waals surface area (Å²) in [4.78, 5) is 49.6. The normalized spacial score (nSPS) is 15.3. The Morgan fingerprint density at radius 1 is 1.12 bits per heavy atom. The standard InChI is InChI=1S/C22H18I2N2O6/c1-11(2)13-3-5-14(6-4-13)26-21(30)15(20(29)25-22(26)31)7-12-8-16(23)19(17(24)9-12)32-10-18(27)28/h3-9,11H,10H2,1-2H3,(H,27,28)(H,25,29,31). The predicted molar refractivity (Wildman–Crippen MR) is 135 cm³/mol. The molecule has 1 saturated heterocycles. The van der Waals surface area contributed by atoms with E-state index in [1.807, 2.05) is 71.2 Å². The highest BCUT2D eigenvalue weighted by Crippen LogP contribution is 2.31. The average molecular weight is 660 g/mol. The number of imide groups is 2. The number of nitrogens with one attached hydrogen (secondary N) is 1. The maximum atomic E-state index is 13.1. The van der Waals surface area contributed by atoms with Crippen LogP contribution in [0, 0.1) is 7.14 Å². The second-order valence-electron chi connectivity index (χ2n) is 7.20. The molecule has 8 nitrogen and oxygen atoms in total. The van der Waals surface area contributed by atoms with Gasteiger partial charge in [0.1, 0.15) is 11.3 Å². The maximum absolute atomic E-state index is 13.1. The molecule has 1 fully saturated rings. The van der Waals surface area contributed by atoms with E-state index >= 15 is 0 Å². The van der Waals surface area contributed by atoms with Crippen LogP contribution in [0.4, 0.5) is 10.5 Å². The number of barbiturate groups is 1. The number of carbonyl (C=O) groups is 4. The Hall–Kier alpha value is -2.48. The van der Waals surface area contributed by atoms with Gasteiger partial charge in [-0.05, 0) is 92.6 Å². The minimum absolute atomic E-state index is 0.191. The number of hydrogen-bond acceptors (Lipinski definition) is 5. The molecule has 166 valence electrons. The number of rotatable bonds is 6. The van der Waals surface area contributed by atoms with Gasteiger partial charge in [0.05, 0.1) is 12.8 Å². The Bertz CT molecular complexity index is 1120. The molecule has 0 saturated carbocycles. The molecule has 1 heterocycles. The van der Waals surface area contributed by atoms with Crippen molar-refractivity contribution >= 4 is 80.8 Å². The second-order valence-corrected chi connectivity index (χ2v) is 9.52. The summed E-state index contributed by atoms with van der Waals surface area (Å²) in [5, 5.41) is 11.0. The fourth-order valence-corrected chi connectivity index (χ4v) is 5.13. The van der Waals surface area contributed by atoms with Gasteiger partial charge in [0.2, 0.25) is 0 Å². The van der Waals surface area contributed by atoms with Gasteiger partial charge in [-0.1, -0.05) is 26.0 Å². The van der Waals surface area contributed by atoms with E-state index in [-0.39, 0.29) is 5.57 Å². The number of carboxylic acids is 1. The second kappa shape index (κ2) is 9.98. The van der Waals surface area contributed by atoms with Crippen LogP contribution in [0.25, 0.3) is 6.08 Å². The Morgan fingerprint density at radius 3 is 2.25 bits per heavy atom. The molecule has 0 unspecified atom stereocenters. The molecule has 1 aliphatic heterocycles. The van der Waals surface area contributed by atoms with Gasteiger partial charge < -0.3 is 9.84 Å². The van der Waals surface area contributed by atoms with E-state index < -0.39 is 30.4 Å². The summed E-state index contributed by atoms with van der Waals surface area (Å²) in [6, 6.07) is 9.51. The van der Waals surface area contributed by atoms with Crippen molar-refractivity contribution in [2.24, 2.45) is 0 Å². The third kappa shape index (κ3) is 5.28. The number of anilines is 1. The first kappa shape index (κ1) is 24.2. The van der Waals surface area contributed by atoms with E-state index in [4.69, 9.17) is 9.84 Å². The molecule has 10 heteroatoms. The minimum Gasteiger partial charge on any atom is -0.480 e. The molecule has 0 bridgehead atoms. The largest absolute Gasteiger partial charge is 0.480 e. The lowest BCUT2D eigenvalue weighted by Crippen LogP contribution is -2.54. The molecule has 2 aromatic rings. The maximum Gasteiger partial charge on any atom is 0.341 e. The first-order valence-corrected chi connectivity index (χ1v) is 11.6. The van der Waals surface area contributed by atoms with E-state index in [1.165, 1.54) is 6.08 Å². The number of carboxylic acid groups (broad SMARTS) is 1. The third-order valence-corrected chi connectivity index (χ3v) is 6.19. The quantitative estimate of drug-likeness (QED) is 0.274. The predicted octanol–water partition coefficient (Wildman–Crippen LogP) is 4.15. The van der Waals surface area contributed by atoms with Crippen LogP contribution in [0.5, 0.6) is 5.75 Å². The highest BCUT2D eigenvalue weighted by Gasteiger charge is 2.36. The number of benzene rings is 2. The number of amides is 4. The molecule has 0 aliphatic carbocycles. The SMILES string of the molecule is CC(C)c1ccc(N2C(=O)NC(=O)C(=Cc3cc(I)c(OCC(=O)O)c(I)c3)C2=O)cc1. The molecule has 32 heavy (non-hydrogen) atoms. The Balaban J connectivity index is 1.94. The first-order valence-electron chi connectivity index (χ1n) is 9.43. The van der Waals surface area contributed by atoms with Crippen molar-refractivity contribution in [3.63, 3.8) is 0 Å². The van der Waals surface area contributed by atoms with E-state index in [2.05, 4.69) is 5.32 Å². The smallest absolute Gasteiger partial charge is 0.341 e. The summed E-state index contributed by atoms with van der Waals surface area (Å²) in [6.07, 6.45) is 1.39. The number of halogens is 2. The average Bonchev–Trinajstić information content (AvgIpc) is 2.70. The first-order chi connectivity index (χ1) is 15.1. The molecule has 4 amide bonds. The molecular formula is C22H18I2N2O6. The van der Waals surface area contributed by atoms with Crippen molar-refractivity contribution in [3.05, 3.63) is 60.2 Å². The molecule has 1 aliphatic rings.